The predicted molar refractivity (Wildman–Crippen MR) is 89.2 cm³/mol. The Hall–Kier alpha value is -2.15. The number of urea groups is 1. The van der Waals surface area contributed by atoms with Crippen molar-refractivity contribution >= 4 is 35.1 Å². The molecule has 6 nitrogen and oxygen atoms in total. The van der Waals surface area contributed by atoms with Gasteiger partial charge in [0.25, 0.3) is 0 Å². The van der Waals surface area contributed by atoms with Gasteiger partial charge in [-0.05, 0) is 45.6 Å². The van der Waals surface area contributed by atoms with Gasteiger partial charge in [-0.2, -0.15) is 0 Å². The van der Waals surface area contributed by atoms with E-state index in [0.717, 1.165) is 36.6 Å². The number of halogens is 2. The van der Waals surface area contributed by atoms with Gasteiger partial charge in [-0.15, -0.1) is 0 Å². The summed E-state index contributed by atoms with van der Waals surface area (Å²) in [6.45, 7) is 3.19. The SMILES string of the molecule is CC(C)N1C(=O)C(=O)N(c2cc(OC3CCCC3)c(Cl)cc2F)C1=O. The first-order chi connectivity index (χ1) is 11.8. The molecule has 0 radical (unpaired) electrons. The summed E-state index contributed by atoms with van der Waals surface area (Å²) in [6, 6.07) is 0.809. The Balaban J connectivity index is 1.97. The molecule has 0 bridgehead atoms. The van der Waals surface area contributed by atoms with Crippen molar-refractivity contribution in [2.75, 3.05) is 4.90 Å². The van der Waals surface area contributed by atoms with E-state index in [1.54, 1.807) is 13.8 Å². The van der Waals surface area contributed by atoms with Crippen molar-refractivity contribution in [2.24, 2.45) is 0 Å². The minimum Gasteiger partial charge on any atom is -0.489 e. The molecule has 0 atom stereocenters. The Morgan fingerprint density at radius 2 is 1.80 bits per heavy atom. The summed E-state index contributed by atoms with van der Waals surface area (Å²) >= 11 is 6.04. The van der Waals surface area contributed by atoms with Gasteiger partial charge in [-0.1, -0.05) is 11.6 Å². The number of rotatable bonds is 4. The van der Waals surface area contributed by atoms with Crippen molar-refractivity contribution in [3.05, 3.63) is 23.0 Å². The van der Waals surface area contributed by atoms with Crippen molar-refractivity contribution in [1.29, 1.82) is 0 Å². The number of carbonyl (C=O) groups excluding carboxylic acids is 3. The molecule has 3 rings (SSSR count). The highest BCUT2D eigenvalue weighted by Crippen LogP contribution is 2.36. The smallest absolute Gasteiger partial charge is 0.339 e. The van der Waals surface area contributed by atoms with Gasteiger partial charge < -0.3 is 4.74 Å². The van der Waals surface area contributed by atoms with Crippen LogP contribution in [0.15, 0.2) is 12.1 Å². The Morgan fingerprint density at radius 3 is 2.36 bits per heavy atom. The Labute approximate surface area is 149 Å². The van der Waals surface area contributed by atoms with E-state index < -0.39 is 29.7 Å². The van der Waals surface area contributed by atoms with Crippen LogP contribution in [-0.4, -0.2) is 34.9 Å². The van der Waals surface area contributed by atoms with Crippen molar-refractivity contribution in [2.45, 2.75) is 51.7 Å². The molecule has 25 heavy (non-hydrogen) atoms. The lowest BCUT2D eigenvalue weighted by Crippen LogP contribution is -2.38. The van der Waals surface area contributed by atoms with Crippen LogP contribution in [0.5, 0.6) is 5.75 Å². The zero-order valence-electron chi connectivity index (χ0n) is 13.9. The lowest BCUT2D eigenvalue weighted by molar-refractivity contribution is -0.140. The molecule has 1 heterocycles. The molecule has 1 aliphatic carbocycles. The molecular formula is C17H18ClFN2O4. The lowest BCUT2D eigenvalue weighted by atomic mass is 10.2. The summed E-state index contributed by atoms with van der Waals surface area (Å²) in [4.78, 5) is 38.0. The van der Waals surface area contributed by atoms with Crippen LogP contribution in [-0.2, 0) is 9.59 Å². The second kappa shape index (κ2) is 6.63. The third-order valence-corrected chi connectivity index (χ3v) is 4.65. The van der Waals surface area contributed by atoms with Crippen LogP contribution in [0.2, 0.25) is 5.02 Å². The van der Waals surface area contributed by atoms with E-state index in [1.165, 1.54) is 6.07 Å². The van der Waals surface area contributed by atoms with E-state index in [-0.39, 0.29) is 22.6 Å². The highest BCUT2D eigenvalue weighted by molar-refractivity contribution is 6.53. The minimum absolute atomic E-state index is 0.0328. The second-order valence-electron chi connectivity index (χ2n) is 6.45. The first-order valence-electron chi connectivity index (χ1n) is 8.18. The summed E-state index contributed by atoms with van der Waals surface area (Å²) in [5.74, 6) is -2.75. The van der Waals surface area contributed by atoms with Gasteiger partial charge in [-0.25, -0.2) is 14.1 Å². The first-order valence-corrected chi connectivity index (χ1v) is 8.56. The van der Waals surface area contributed by atoms with Crippen molar-refractivity contribution in [3.8, 4) is 5.75 Å². The van der Waals surface area contributed by atoms with E-state index in [4.69, 9.17) is 16.3 Å². The van der Waals surface area contributed by atoms with Crippen LogP contribution < -0.4 is 9.64 Å². The summed E-state index contributed by atoms with van der Waals surface area (Å²) in [5, 5.41) is 0.0549. The van der Waals surface area contributed by atoms with Gasteiger partial charge in [0.2, 0.25) is 0 Å². The normalized spacial score (nSPS) is 18.8. The third kappa shape index (κ3) is 3.08. The fraction of sp³-hybridized carbons (Fsp3) is 0.471. The monoisotopic (exact) mass is 368 g/mol. The summed E-state index contributed by atoms with van der Waals surface area (Å²) in [5.41, 5.74) is -0.330. The fourth-order valence-corrected chi connectivity index (χ4v) is 3.31. The average Bonchev–Trinajstić information content (AvgIpc) is 3.11. The van der Waals surface area contributed by atoms with E-state index in [2.05, 4.69) is 0 Å². The highest BCUT2D eigenvalue weighted by atomic mass is 35.5. The topological polar surface area (TPSA) is 66.9 Å². The van der Waals surface area contributed by atoms with Crippen LogP contribution >= 0.6 is 11.6 Å². The zero-order chi connectivity index (χ0) is 18.3. The van der Waals surface area contributed by atoms with Gasteiger partial charge in [0, 0.05) is 12.1 Å². The summed E-state index contributed by atoms with van der Waals surface area (Å²) in [6.07, 6.45) is 3.78. The molecular weight excluding hydrogens is 351 g/mol. The molecule has 134 valence electrons. The van der Waals surface area contributed by atoms with E-state index in [9.17, 15) is 18.8 Å². The van der Waals surface area contributed by atoms with Gasteiger partial charge >= 0.3 is 17.8 Å². The van der Waals surface area contributed by atoms with Crippen molar-refractivity contribution in [3.63, 3.8) is 0 Å². The van der Waals surface area contributed by atoms with Crippen LogP contribution in [0, 0.1) is 5.82 Å². The molecule has 2 fully saturated rings. The number of imide groups is 2. The Bertz CT molecular complexity index is 746. The van der Waals surface area contributed by atoms with E-state index in [1.807, 2.05) is 0 Å². The molecule has 0 aromatic heterocycles. The van der Waals surface area contributed by atoms with Crippen LogP contribution in [0.25, 0.3) is 0 Å². The standard InChI is InChI=1S/C17H18ClFN2O4/c1-9(2)20-15(22)16(23)21(17(20)24)13-8-14(11(18)7-12(13)19)25-10-5-3-4-6-10/h7-10H,3-6H2,1-2H3. The largest absolute Gasteiger partial charge is 0.489 e. The van der Waals surface area contributed by atoms with Crippen LogP contribution in [0.1, 0.15) is 39.5 Å². The van der Waals surface area contributed by atoms with Crippen LogP contribution in [0.3, 0.4) is 0 Å². The van der Waals surface area contributed by atoms with Gasteiger partial charge in [-0.3, -0.25) is 14.5 Å². The maximum absolute atomic E-state index is 14.4. The highest BCUT2D eigenvalue weighted by Gasteiger charge is 2.47. The van der Waals surface area contributed by atoms with Gasteiger partial charge in [0.05, 0.1) is 16.8 Å². The molecule has 1 saturated carbocycles. The van der Waals surface area contributed by atoms with Gasteiger partial charge in [0.15, 0.2) is 0 Å². The number of hydrogen-bond acceptors (Lipinski definition) is 4. The molecule has 0 spiro atoms. The number of hydrogen-bond donors (Lipinski definition) is 0. The Kier molecular flexibility index (Phi) is 4.69. The number of amides is 4. The fourth-order valence-electron chi connectivity index (χ4n) is 3.11. The molecule has 2 aliphatic rings. The lowest BCUT2D eigenvalue weighted by Gasteiger charge is -2.20. The molecule has 0 unspecified atom stereocenters. The summed E-state index contributed by atoms with van der Waals surface area (Å²) in [7, 11) is 0. The molecule has 8 heteroatoms. The first kappa shape index (κ1) is 17.7. The maximum Gasteiger partial charge on any atom is 0.339 e. The number of ether oxygens (including phenoxy) is 1. The summed E-state index contributed by atoms with van der Waals surface area (Å²) < 4.78 is 20.2. The molecule has 0 N–H and O–H groups in total. The Morgan fingerprint density at radius 1 is 1.16 bits per heavy atom. The zero-order valence-corrected chi connectivity index (χ0v) is 14.7. The molecule has 1 aliphatic heterocycles. The number of nitrogens with zero attached hydrogens (tertiary/aromatic N) is 2. The molecule has 4 amide bonds. The van der Waals surface area contributed by atoms with E-state index in [0.29, 0.717) is 4.90 Å². The van der Waals surface area contributed by atoms with Gasteiger partial charge in [0.1, 0.15) is 11.6 Å². The number of anilines is 1. The third-order valence-electron chi connectivity index (χ3n) is 4.36. The number of benzene rings is 1. The minimum atomic E-state index is -1.09. The quantitative estimate of drug-likeness (QED) is 0.602. The maximum atomic E-state index is 14.4. The predicted octanol–water partition coefficient (Wildman–Crippen LogP) is 3.50. The molecule has 1 aromatic carbocycles. The number of carbonyl (C=O) groups is 3. The van der Waals surface area contributed by atoms with Crippen molar-refractivity contribution in [1.82, 2.24) is 4.90 Å². The second-order valence-corrected chi connectivity index (χ2v) is 6.86. The molecule has 1 saturated heterocycles. The average molecular weight is 369 g/mol. The molecule has 1 aromatic rings. The van der Waals surface area contributed by atoms with E-state index >= 15 is 0 Å². The van der Waals surface area contributed by atoms with Crippen LogP contribution in [0.4, 0.5) is 14.9 Å². The van der Waals surface area contributed by atoms with Crippen molar-refractivity contribution < 1.29 is 23.5 Å².